The van der Waals surface area contributed by atoms with Crippen LogP contribution in [0.2, 0.25) is 0 Å². The van der Waals surface area contributed by atoms with Crippen molar-refractivity contribution in [1.82, 2.24) is 14.9 Å². The second-order valence-corrected chi connectivity index (χ2v) is 7.63. The molecule has 3 rings (SSSR count). The summed E-state index contributed by atoms with van der Waals surface area (Å²) in [5.41, 5.74) is 3.26. The van der Waals surface area contributed by atoms with Crippen LogP contribution in [0.4, 0.5) is 0 Å². The summed E-state index contributed by atoms with van der Waals surface area (Å²) in [4.78, 5) is 22.2. The van der Waals surface area contributed by atoms with Gasteiger partial charge in [0.1, 0.15) is 11.6 Å². The summed E-state index contributed by atoms with van der Waals surface area (Å²) in [5.74, 6) is 1.09. The second-order valence-electron chi connectivity index (χ2n) is 7.63. The van der Waals surface area contributed by atoms with Gasteiger partial charge in [0, 0.05) is 36.2 Å². The number of para-hydroxylation sites is 1. The molecule has 0 fully saturated rings. The van der Waals surface area contributed by atoms with Crippen molar-refractivity contribution < 1.29 is 5.11 Å². The van der Waals surface area contributed by atoms with E-state index in [9.17, 15) is 9.90 Å². The number of nitrogens with one attached hydrogen (secondary N) is 1. The molecule has 0 saturated carbocycles. The molecule has 0 radical (unpaired) electrons. The zero-order chi connectivity index (χ0) is 17.5. The quantitative estimate of drug-likeness (QED) is 0.890. The molecule has 1 aliphatic rings. The van der Waals surface area contributed by atoms with Gasteiger partial charge in [0.15, 0.2) is 0 Å². The van der Waals surface area contributed by atoms with Crippen LogP contribution >= 0.6 is 0 Å². The lowest BCUT2D eigenvalue weighted by atomic mass is 9.95. The number of nitrogens with zero attached hydrogens (tertiary/aromatic N) is 2. The molecule has 0 unspecified atom stereocenters. The number of fused-ring (bicyclic) bond motifs is 1. The molecule has 1 aromatic heterocycles. The lowest BCUT2D eigenvalue weighted by molar-refractivity contribution is 0.236. The van der Waals surface area contributed by atoms with Gasteiger partial charge < -0.3 is 10.1 Å². The van der Waals surface area contributed by atoms with Crippen molar-refractivity contribution in [2.24, 2.45) is 0 Å². The summed E-state index contributed by atoms with van der Waals surface area (Å²) in [5, 5.41) is 10.2. The molecule has 2 N–H and O–H groups in total. The Morgan fingerprint density at radius 3 is 2.79 bits per heavy atom. The van der Waals surface area contributed by atoms with Crippen LogP contribution in [0.1, 0.15) is 49.0 Å². The van der Waals surface area contributed by atoms with Crippen LogP contribution in [-0.2, 0) is 24.9 Å². The molecule has 0 amide bonds. The average Bonchev–Trinajstić information content (AvgIpc) is 2.50. The summed E-state index contributed by atoms with van der Waals surface area (Å²) in [6.07, 6.45) is 0.689. The standard InChI is InChI=1S/C19H25N3O2/c1-12-6-5-7-13(16(12)23)10-22-9-8-14-15(11-22)20-18(19(2,3)4)21-17(14)24/h5-7,23H,8-11H2,1-4H3,(H,20,21,24). The number of phenols is 1. The molecular formula is C19H25N3O2. The van der Waals surface area contributed by atoms with E-state index in [1.807, 2.05) is 45.9 Å². The van der Waals surface area contributed by atoms with Gasteiger partial charge >= 0.3 is 0 Å². The van der Waals surface area contributed by atoms with Crippen LogP contribution in [0.3, 0.4) is 0 Å². The highest BCUT2D eigenvalue weighted by atomic mass is 16.3. The molecule has 5 heteroatoms. The Bertz CT molecular complexity index is 818. The minimum atomic E-state index is -0.189. The van der Waals surface area contributed by atoms with Crippen molar-refractivity contribution in [3.63, 3.8) is 0 Å². The van der Waals surface area contributed by atoms with Gasteiger partial charge in [-0.05, 0) is 18.9 Å². The lowest BCUT2D eigenvalue weighted by Crippen LogP contribution is -2.36. The van der Waals surface area contributed by atoms with Crippen molar-refractivity contribution in [3.8, 4) is 5.75 Å². The zero-order valence-electron chi connectivity index (χ0n) is 14.8. The lowest BCUT2D eigenvalue weighted by Gasteiger charge is -2.29. The largest absolute Gasteiger partial charge is 0.507 e. The first kappa shape index (κ1) is 16.7. The molecule has 0 spiro atoms. The molecule has 0 aliphatic carbocycles. The van der Waals surface area contributed by atoms with Crippen LogP contribution in [0, 0.1) is 6.92 Å². The van der Waals surface area contributed by atoms with Crippen LogP contribution in [0.5, 0.6) is 5.75 Å². The van der Waals surface area contributed by atoms with E-state index in [0.717, 1.165) is 34.8 Å². The first-order valence-electron chi connectivity index (χ1n) is 8.38. The van der Waals surface area contributed by atoms with E-state index in [-0.39, 0.29) is 11.0 Å². The second kappa shape index (κ2) is 6.06. The Hall–Kier alpha value is -2.14. The Morgan fingerprint density at radius 2 is 2.08 bits per heavy atom. The highest BCUT2D eigenvalue weighted by molar-refractivity contribution is 5.39. The number of phenolic OH excluding ortho intramolecular Hbond substituents is 1. The minimum Gasteiger partial charge on any atom is -0.507 e. The number of aromatic hydroxyl groups is 1. The number of rotatable bonds is 2. The number of aromatic amines is 1. The number of benzene rings is 1. The summed E-state index contributed by atoms with van der Waals surface area (Å²) in [6, 6.07) is 5.81. The predicted molar refractivity (Wildman–Crippen MR) is 94.2 cm³/mol. The summed E-state index contributed by atoms with van der Waals surface area (Å²) in [7, 11) is 0. The predicted octanol–water partition coefficient (Wildman–Crippen LogP) is 2.64. The van der Waals surface area contributed by atoms with Gasteiger partial charge in [-0.2, -0.15) is 0 Å². The minimum absolute atomic E-state index is 0.0111. The van der Waals surface area contributed by atoms with E-state index >= 15 is 0 Å². The number of hydrogen-bond acceptors (Lipinski definition) is 4. The molecule has 128 valence electrons. The third-order valence-corrected chi connectivity index (χ3v) is 4.58. The molecule has 24 heavy (non-hydrogen) atoms. The number of H-pyrrole nitrogens is 1. The smallest absolute Gasteiger partial charge is 0.254 e. The van der Waals surface area contributed by atoms with E-state index in [0.29, 0.717) is 25.3 Å². The van der Waals surface area contributed by atoms with Gasteiger partial charge in [0.25, 0.3) is 5.56 Å². The van der Waals surface area contributed by atoms with Crippen molar-refractivity contribution in [2.75, 3.05) is 6.54 Å². The molecule has 0 bridgehead atoms. The third-order valence-electron chi connectivity index (χ3n) is 4.58. The fourth-order valence-corrected chi connectivity index (χ4v) is 3.07. The highest BCUT2D eigenvalue weighted by Gasteiger charge is 2.25. The first-order chi connectivity index (χ1) is 11.3. The SMILES string of the molecule is Cc1cccc(CN2CCc3c(nc(C(C)(C)C)[nH]c3=O)C2)c1O. The van der Waals surface area contributed by atoms with Crippen molar-refractivity contribution in [1.29, 1.82) is 0 Å². The number of aryl methyl sites for hydroxylation is 1. The Morgan fingerprint density at radius 1 is 1.33 bits per heavy atom. The van der Waals surface area contributed by atoms with Crippen LogP contribution in [-0.4, -0.2) is 26.5 Å². The molecule has 2 heterocycles. The van der Waals surface area contributed by atoms with Gasteiger partial charge in [-0.15, -0.1) is 0 Å². The molecule has 0 saturated heterocycles. The Balaban J connectivity index is 1.87. The van der Waals surface area contributed by atoms with Crippen LogP contribution < -0.4 is 5.56 Å². The highest BCUT2D eigenvalue weighted by Crippen LogP contribution is 2.25. The van der Waals surface area contributed by atoms with Crippen molar-refractivity contribution in [3.05, 3.63) is 56.8 Å². The molecule has 5 nitrogen and oxygen atoms in total. The van der Waals surface area contributed by atoms with Gasteiger partial charge in [0.05, 0.1) is 5.69 Å². The molecule has 1 aromatic carbocycles. The average molecular weight is 327 g/mol. The molecule has 2 aromatic rings. The van der Waals surface area contributed by atoms with Crippen molar-refractivity contribution >= 4 is 0 Å². The monoisotopic (exact) mass is 327 g/mol. The number of aromatic nitrogens is 2. The van der Waals surface area contributed by atoms with Gasteiger partial charge in [-0.3, -0.25) is 9.69 Å². The summed E-state index contributed by atoms with van der Waals surface area (Å²) >= 11 is 0. The van der Waals surface area contributed by atoms with Gasteiger partial charge in [0.2, 0.25) is 0 Å². The normalized spacial score (nSPS) is 15.3. The fraction of sp³-hybridized carbons (Fsp3) is 0.474. The molecule has 0 atom stereocenters. The maximum atomic E-state index is 12.3. The van der Waals surface area contributed by atoms with E-state index in [1.54, 1.807) is 0 Å². The van der Waals surface area contributed by atoms with Crippen LogP contribution in [0.15, 0.2) is 23.0 Å². The summed E-state index contributed by atoms with van der Waals surface area (Å²) < 4.78 is 0. The molecule has 1 aliphatic heterocycles. The topological polar surface area (TPSA) is 69.2 Å². The Kier molecular flexibility index (Phi) is 4.22. The summed E-state index contributed by atoms with van der Waals surface area (Å²) in [6.45, 7) is 10.1. The first-order valence-corrected chi connectivity index (χ1v) is 8.38. The van der Waals surface area contributed by atoms with Crippen LogP contribution in [0.25, 0.3) is 0 Å². The zero-order valence-corrected chi connectivity index (χ0v) is 14.8. The maximum absolute atomic E-state index is 12.3. The van der Waals surface area contributed by atoms with Gasteiger partial charge in [-0.1, -0.05) is 39.0 Å². The fourth-order valence-electron chi connectivity index (χ4n) is 3.07. The van der Waals surface area contributed by atoms with Crippen molar-refractivity contribution in [2.45, 2.75) is 52.6 Å². The van der Waals surface area contributed by atoms with E-state index in [1.165, 1.54) is 0 Å². The van der Waals surface area contributed by atoms with E-state index in [4.69, 9.17) is 4.98 Å². The third kappa shape index (κ3) is 3.22. The van der Waals surface area contributed by atoms with Gasteiger partial charge in [-0.25, -0.2) is 4.98 Å². The van der Waals surface area contributed by atoms with E-state index in [2.05, 4.69) is 9.88 Å². The number of hydrogen-bond donors (Lipinski definition) is 2. The van der Waals surface area contributed by atoms with E-state index < -0.39 is 0 Å². The maximum Gasteiger partial charge on any atom is 0.254 e. The molecular weight excluding hydrogens is 302 g/mol. The Labute approximate surface area is 142 Å².